The number of halogens is 1. The lowest BCUT2D eigenvalue weighted by Crippen LogP contribution is -2.44. The Kier molecular flexibility index (Phi) is 6.87. The van der Waals surface area contributed by atoms with Crippen molar-refractivity contribution in [2.24, 2.45) is 0 Å². The van der Waals surface area contributed by atoms with E-state index in [-0.39, 0.29) is 6.04 Å². The predicted molar refractivity (Wildman–Crippen MR) is 90.5 cm³/mol. The van der Waals surface area contributed by atoms with Crippen molar-refractivity contribution in [2.75, 3.05) is 12.8 Å². The molecule has 21 heavy (non-hydrogen) atoms. The second kappa shape index (κ2) is 7.74. The van der Waals surface area contributed by atoms with Crippen LogP contribution in [-0.4, -0.2) is 42.3 Å². The average molecular weight is 380 g/mol. The van der Waals surface area contributed by atoms with Crippen molar-refractivity contribution in [3.8, 4) is 0 Å². The molecule has 0 spiro atoms. The van der Waals surface area contributed by atoms with E-state index in [4.69, 9.17) is 0 Å². The molecule has 1 aromatic rings. The lowest BCUT2D eigenvalue weighted by atomic mass is 10.1. The van der Waals surface area contributed by atoms with E-state index >= 15 is 0 Å². The van der Waals surface area contributed by atoms with Crippen LogP contribution in [0.5, 0.6) is 0 Å². The van der Waals surface area contributed by atoms with Crippen LogP contribution in [0.3, 0.4) is 0 Å². The Morgan fingerprint density at radius 2 is 1.95 bits per heavy atom. The van der Waals surface area contributed by atoms with Crippen LogP contribution in [0, 0.1) is 0 Å². The monoisotopic (exact) mass is 379 g/mol. The van der Waals surface area contributed by atoms with E-state index in [1.165, 1.54) is 6.26 Å². The van der Waals surface area contributed by atoms with Gasteiger partial charge in [0.2, 0.25) is 0 Å². The summed E-state index contributed by atoms with van der Waals surface area (Å²) in [5.74, 6) is 0. The number of aryl methyl sites for hydroxylation is 2. The minimum absolute atomic E-state index is 0.118. The fourth-order valence-corrected chi connectivity index (χ4v) is 3.90. The molecule has 1 N–H and O–H groups in total. The van der Waals surface area contributed by atoms with Gasteiger partial charge in [0.25, 0.3) is 0 Å². The maximum Gasteiger partial charge on any atom is 0.151 e. The number of sulfone groups is 1. The molecule has 0 aliphatic carbocycles. The van der Waals surface area contributed by atoms with Crippen LogP contribution < -0.4 is 5.32 Å². The first kappa shape index (κ1) is 18.6. The smallest absolute Gasteiger partial charge is 0.151 e. The highest BCUT2D eigenvalue weighted by molar-refractivity contribution is 9.10. The first-order valence-electron chi connectivity index (χ1n) is 7.42. The van der Waals surface area contributed by atoms with E-state index in [1.54, 1.807) is 6.92 Å². The highest BCUT2D eigenvalue weighted by Gasteiger charge is 2.28. The molecular weight excluding hydrogens is 354 g/mol. The Balaban J connectivity index is 3.12. The molecule has 2 unspecified atom stereocenters. The quantitative estimate of drug-likeness (QED) is 0.751. The van der Waals surface area contributed by atoms with Crippen molar-refractivity contribution >= 4 is 25.8 Å². The number of hydrogen-bond donors (Lipinski definition) is 1. The lowest BCUT2D eigenvalue weighted by molar-refractivity contribution is 0.475. The zero-order chi connectivity index (χ0) is 16.2. The van der Waals surface area contributed by atoms with Gasteiger partial charge in [-0.05, 0) is 42.7 Å². The van der Waals surface area contributed by atoms with Gasteiger partial charge >= 0.3 is 0 Å². The molecule has 7 heteroatoms. The number of likely N-dealkylation sites (N-methyl/N-ethyl adjacent to an activating group) is 1. The zero-order valence-electron chi connectivity index (χ0n) is 13.5. The Morgan fingerprint density at radius 1 is 1.33 bits per heavy atom. The van der Waals surface area contributed by atoms with Gasteiger partial charge in [0, 0.05) is 25.3 Å². The maximum atomic E-state index is 11.9. The molecule has 0 radical (unpaired) electrons. The molecule has 0 bridgehead atoms. The molecule has 0 amide bonds. The minimum Gasteiger partial charge on any atom is -0.313 e. The second-order valence-corrected chi connectivity index (χ2v) is 8.48. The second-order valence-electron chi connectivity index (χ2n) is 5.28. The first-order valence-corrected chi connectivity index (χ1v) is 10.2. The van der Waals surface area contributed by atoms with Gasteiger partial charge in [0.1, 0.15) is 0 Å². The van der Waals surface area contributed by atoms with Gasteiger partial charge in [-0.25, -0.2) is 8.42 Å². The van der Waals surface area contributed by atoms with E-state index in [0.717, 1.165) is 35.4 Å². The molecule has 122 valence electrons. The summed E-state index contributed by atoms with van der Waals surface area (Å²) in [6.07, 6.45) is 2.79. The molecule has 0 aromatic carbocycles. The van der Waals surface area contributed by atoms with Gasteiger partial charge in [0.15, 0.2) is 9.84 Å². The van der Waals surface area contributed by atoms with Crippen molar-refractivity contribution in [1.82, 2.24) is 15.1 Å². The maximum absolute atomic E-state index is 11.9. The molecule has 5 nitrogen and oxygen atoms in total. The fourth-order valence-electron chi connectivity index (χ4n) is 2.39. The van der Waals surface area contributed by atoms with Gasteiger partial charge in [-0.15, -0.1) is 0 Å². The lowest BCUT2D eigenvalue weighted by Gasteiger charge is -2.24. The van der Waals surface area contributed by atoms with E-state index < -0.39 is 15.1 Å². The molecular formula is C14H26BrN3O2S. The third kappa shape index (κ3) is 4.53. The topological polar surface area (TPSA) is 64.0 Å². The average Bonchev–Trinajstić information content (AvgIpc) is 2.72. The Bertz CT molecular complexity index is 569. The van der Waals surface area contributed by atoms with Gasteiger partial charge in [-0.1, -0.05) is 13.8 Å². The molecule has 0 saturated carbocycles. The first-order chi connectivity index (χ1) is 9.76. The zero-order valence-corrected chi connectivity index (χ0v) is 15.9. The molecule has 0 fully saturated rings. The summed E-state index contributed by atoms with van der Waals surface area (Å²) in [5, 5.41) is 7.44. The molecule has 0 aliphatic heterocycles. The van der Waals surface area contributed by atoms with Crippen LogP contribution >= 0.6 is 15.9 Å². The van der Waals surface area contributed by atoms with Gasteiger partial charge in [0.05, 0.1) is 21.1 Å². The summed E-state index contributed by atoms with van der Waals surface area (Å²) in [6, 6.07) is -0.118. The van der Waals surface area contributed by atoms with Gasteiger partial charge in [-0.3, -0.25) is 4.68 Å². The van der Waals surface area contributed by atoms with Crippen molar-refractivity contribution in [2.45, 2.75) is 58.4 Å². The van der Waals surface area contributed by atoms with Crippen LogP contribution in [0.1, 0.15) is 39.1 Å². The van der Waals surface area contributed by atoms with Gasteiger partial charge in [-0.2, -0.15) is 5.10 Å². The summed E-state index contributed by atoms with van der Waals surface area (Å²) in [7, 11) is -3.08. The number of hydrogen-bond acceptors (Lipinski definition) is 4. The predicted octanol–water partition coefficient (Wildman–Crippen LogP) is 2.18. The van der Waals surface area contributed by atoms with E-state index in [1.807, 2.05) is 18.5 Å². The number of rotatable bonds is 8. The Hall–Kier alpha value is -0.400. The van der Waals surface area contributed by atoms with E-state index in [2.05, 4.69) is 33.3 Å². The SMILES string of the molecule is CCNC(Cc1c(Br)c(CC)nn1CC)C(C)S(C)(=O)=O. The third-order valence-corrected chi connectivity index (χ3v) is 6.41. The fraction of sp³-hybridized carbons (Fsp3) is 0.786. The molecule has 0 aliphatic rings. The Morgan fingerprint density at radius 3 is 2.38 bits per heavy atom. The number of nitrogens with zero attached hydrogens (tertiary/aromatic N) is 2. The van der Waals surface area contributed by atoms with Crippen molar-refractivity contribution in [3.05, 3.63) is 15.9 Å². The molecule has 0 saturated heterocycles. The summed E-state index contributed by atoms with van der Waals surface area (Å²) < 4.78 is 26.7. The van der Waals surface area contributed by atoms with Crippen LogP contribution in [0.25, 0.3) is 0 Å². The highest BCUT2D eigenvalue weighted by atomic mass is 79.9. The van der Waals surface area contributed by atoms with Crippen LogP contribution in [0.2, 0.25) is 0 Å². The summed E-state index contributed by atoms with van der Waals surface area (Å²) in [4.78, 5) is 0. The number of aromatic nitrogens is 2. The highest BCUT2D eigenvalue weighted by Crippen LogP contribution is 2.24. The summed E-state index contributed by atoms with van der Waals surface area (Å²) >= 11 is 3.62. The van der Waals surface area contributed by atoms with Crippen molar-refractivity contribution < 1.29 is 8.42 Å². The van der Waals surface area contributed by atoms with E-state index in [0.29, 0.717) is 6.42 Å². The molecule has 1 aromatic heterocycles. The van der Waals surface area contributed by atoms with Crippen molar-refractivity contribution in [1.29, 1.82) is 0 Å². The third-order valence-electron chi connectivity index (χ3n) is 3.82. The Labute approximate surface area is 136 Å². The van der Waals surface area contributed by atoms with E-state index in [9.17, 15) is 8.42 Å². The summed E-state index contributed by atoms with van der Waals surface area (Å²) in [6.45, 7) is 9.39. The largest absolute Gasteiger partial charge is 0.313 e. The molecule has 2 atom stereocenters. The minimum atomic E-state index is -3.08. The van der Waals surface area contributed by atoms with Crippen LogP contribution in [-0.2, 0) is 29.2 Å². The molecule has 1 heterocycles. The number of nitrogens with one attached hydrogen (secondary N) is 1. The standard InChI is InChI=1S/C14H26BrN3O2S/c1-6-11-14(15)13(18(8-3)17-11)9-12(16-7-2)10(4)21(5,19)20/h10,12,16H,6-9H2,1-5H3. The summed E-state index contributed by atoms with van der Waals surface area (Å²) in [5.41, 5.74) is 2.09. The van der Waals surface area contributed by atoms with Crippen molar-refractivity contribution in [3.63, 3.8) is 0 Å². The normalized spacial score (nSPS) is 15.1. The molecule has 1 rings (SSSR count). The van der Waals surface area contributed by atoms with Crippen LogP contribution in [0.4, 0.5) is 0 Å². The van der Waals surface area contributed by atoms with Crippen LogP contribution in [0.15, 0.2) is 4.47 Å². The van der Waals surface area contributed by atoms with Gasteiger partial charge < -0.3 is 5.32 Å².